The number of benzene rings is 3. The number of nitrogens with one attached hydrogen (secondary N) is 1. The van der Waals surface area contributed by atoms with E-state index in [9.17, 15) is 13.6 Å². The Morgan fingerprint density at radius 3 is 2.53 bits per heavy atom. The van der Waals surface area contributed by atoms with E-state index in [1.807, 2.05) is 48.5 Å². The molecule has 1 unspecified atom stereocenters. The van der Waals surface area contributed by atoms with Crippen LogP contribution in [0.2, 0.25) is 5.02 Å². The van der Waals surface area contributed by atoms with Crippen molar-refractivity contribution >= 4 is 34.8 Å². The lowest BCUT2D eigenvalue weighted by molar-refractivity contribution is -0.114. The van der Waals surface area contributed by atoms with Gasteiger partial charge < -0.3 is 5.32 Å². The van der Waals surface area contributed by atoms with Crippen molar-refractivity contribution in [2.45, 2.75) is 6.04 Å². The summed E-state index contributed by atoms with van der Waals surface area (Å²) in [6.45, 7) is -0.203. The van der Waals surface area contributed by atoms with Crippen molar-refractivity contribution in [3.05, 3.63) is 107 Å². The van der Waals surface area contributed by atoms with Gasteiger partial charge in [-0.15, -0.1) is 0 Å². The highest BCUT2D eigenvalue weighted by atomic mass is 35.5. The molecule has 7 nitrogen and oxygen atoms in total. The lowest BCUT2D eigenvalue weighted by Gasteiger charge is -2.32. The number of aromatic nitrogens is 4. The molecule has 4 aromatic rings. The van der Waals surface area contributed by atoms with Crippen molar-refractivity contribution in [2.24, 2.45) is 0 Å². The second kappa shape index (κ2) is 9.03. The van der Waals surface area contributed by atoms with Gasteiger partial charge in [0, 0.05) is 11.1 Å². The van der Waals surface area contributed by atoms with Crippen molar-refractivity contribution in [2.75, 3.05) is 16.8 Å². The summed E-state index contributed by atoms with van der Waals surface area (Å²) in [5.41, 5.74) is 2.34. The van der Waals surface area contributed by atoms with Crippen LogP contribution in [0.25, 0.3) is 5.70 Å². The minimum absolute atomic E-state index is 0.118. The van der Waals surface area contributed by atoms with Crippen molar-refractivity contribution in [1.29, 1.82) is 0 Å². The number of nitrogens with zero attached hydrogens (tertiary/aromatic N) is 5. The van der Waals surface area contributed by atoms with E-state index >= 15 is 0 Å². The Morgan fingerprint density at radius 1 is 1.03 bits per heavy atom. The first kappa shape index (κ1) is 21.7. The summed E-state index contributed by atoms with van der Waals surface area (Å²) in [7, 11) is 0. The Labute approximate surface area is 198 Å². The van der Waals surface area contributed by atoms with Crippen molar-refractivity contribution in [3.63, 3.8) is 0 Å². The van der Waals surface area contributed by atoms with E-state index in [0.717, 1.165) is 17.2 Å². The number of tetrazole rings is 1. The molecule has 10 heteroatoms. The summed E-state index contributed by atoms with van der Waals surface area (Å²) in [4.78, 5) is 14.5. The highest BCUT2D eigenvalue weighted by Crippen LogP contribution is 2.36. The predicted molar refractivity (Wildman–Crippen MR) is 124 cm³/mol. The van der Waals surface area contributed by atoms with Gasteiger partial charge in [0.25, 0.3) is 5.95 Å². The number of allylic oxidation sites excluding steroid dienone is 1. The number of halogens is 3. The topological polar surface area (TPSA) is 75.9 Å². The summed E-state index contributed by atoms with van der Waals surface area (Å²) in [5.74, 6) is -1.77. The van der Waals surface area contributed by atoms with Gasteiger partial charge in [-0.05, 0) is 51.9 Å². The monoisotopic (exact) mass is 478 g/mol. The summed E-state index contributed by atoms with van der Waals surface area (Å²) < 4.78 is 28.9. The number of carbonyl (C=O) groups is 1. The van der Waals surface area contributed by atoms with Crippen LogP contribution < -0.4 is 10.2 Å². The molecule has 0 bridgehead atoms. The van der Waals surface area contributed by atoms with Crippen LogP contribution in [-0.4, -0.2) is 32.7 Å². The molecule has 1 N–H and O–H groups in total. The van der Waals surface area contributed by atoms with Gasteiger partial charge in [0.2, 0.25) is 5.91 Å². The fourth-order valence-electron chi connectivity index (χ4n) is 3.80. The quantitative estimate of drug-likeness (QED) is 0.450. The first-order valence-corrected chi connectivity index (χ1v) is 10.7. The Balaban J connectivity index is 1.52. The minimum atomic E-state index is -0.863. The van der Waals surface area contributed by atoms with Crippen LogP contribution in [0.3, 0.4) is 0 Å². The summed E-state index contributed by atoms with van der Waals surface area (Å²) in [5, 5.41) is 15.2. The zero-order valence-corrected chi connectivity index (χ0v) is 18.3. The number of hydrogen-bond acceptors (Lipinski definition) is 5. The fraction of sp³-hybridized carbons (Fsp3) is 0.0833. The summed E-state index contributed by atoms with van der Waals surface area (Å²) in [6, 6.07) is 19.4. The van der Waals surface area contributed by atoms with Gasteiger partial charge in [-0.25, -0.2) is 8.78 Å². The van der Waals surface area contributed by atoms with E-state index in [1.54, 1.807) is 21.7 Å². The lowest BCUT2D eigenvalue weighted by atomic mass is 10.0. The van der Waals surface area contributed by atoms with E-state index in [2.05, 4.69) is 20.8 Å². The molecule has 3 aromatic carbocycles. The number of fused-ring (bicyclic) bond motifs is 1. The fourth-order valence-corrected chi connectivity index (χ4v) is 3.93. The third-order valence-electron chi connectivity index (χ3n) is 5.37. The first-order valence-electron chi connectivity index (χ1n) is 10.3. The third kappa shape index (κ3) is 4.25. The van der Waals surface area contributed by atoms with Crippen LogP contribution in [0, 0.1) is 11.6 Å². The molecule has 1 amide bonds. The smallest absolute Gasteiger partial charge is 0.251 e. The minimum Gasteiger partial charge on any atom is -0.322 e. The van der Waals surface area contributed by atoms with Crippen LogP contribution in [0.15, 0.2) is 78.9 Å². The van der Waals surface area contributed by atoms with Gasteiger partial charge in [0.15, 0.2) is 0 Å². The molecule has 1 aliphatic heterocycles. The Morgan fingerprint density at radius 2 is 1.79 bits per heavy atom. The zero-order chi connectivity index (χ0) is 23.7. The highest BCUT2D eigenvalue weighted by Gasteiger charge is 2.32. The second-order valence-electron chi connectivity index (χ2n) is 7.60. The van der Waals surface area contributed by atoms with Gasteiger partial charge in [-0.1, -0.05) is 59.2 Å². The van der Waals surface area contributed by atoms with Gasteiger partial charge in [-0.3, -0.25) is 9.69 Å². The largest absolute Gasteiger partial charge is 0.322 e. The summed E-state index contributed by atoms with van der Waals surface area (Å²) in [6.07, 6.45) is 1.95. The summed E-state index contributed by atoms with van der Waals surface area (Å²) >= 11 is 6.06. The molecule has 0 spiro atoms. The number of carbonyl (C=O) groups excluding carboxylic acids is 1. The van der Waals surface area contributed by atoms with E-state index in [1.165, 1.54) is 6.07 Å². The van der Waals surface area contributed by atoms with Gasteiger partial charge in [0.05, 0.1) is 11.4 Å². The maximum absolute atomic E-state index is 14.1. The molecule has 2 heterocycles. The Hall–Kier alpha value is -4.11. The number of amides is 1. The number of rotatable bonds is 5. The first-order chi connectivity index (χ1) is 16.5. The van der Waals surface area contributed by atoms with Crippen molar-refractivity contribution in [3.8, 4) is 0 Å². The van der Waals surface area contributed by atoms with Crippen LogP contribution >= 0.6 is 11.6 Å². The molecule has 0 saturated heterocycles. The molecule has 1 aliphatic rings. The van der Waals surface area contributed by atoms with Gasteiger partial charge >= 0.3 is 0 Å². The molecule has 0 aliphatic carbocycles. The predicted octanol–water partition coefficient (Wildman–Crippen LogP) is 4.69. The van der Waals surface area contributed by atoms with Gasteiger partial charge in [-0.2, -0.15) is 4.68 Å². The molecule has 170 valence electrons. The van der Waals surface area contributed by atoms with Crippen molar-refractivity contribution in [1.82, 2.24) is 20.2 Å². The van der Waals surface area contributed by atoms with E-state index < -0.39 is 17.5 Å². The number of anilines is 2. The normalized spacial score (nSPS) is 15.0. The zero-order valence-electron chi connectivity index (χ0n) is 17.6. The van der Waals surface area contributed by atoms with Crippen LogP contribution in [0.4, 0.5) is 20.4 Å². The third-order valence-corrected chi connectivity index (χ3v) is 5.63. The van der Waals surface area contributed by atoms with Crippen LogP contribution in [0.1, 0.15) is 17.2 Å². The Bertz CT molecular complexity index is 1370. The maximum Gasteiger partial charge on any atom is 0.251 e. The van der Waals surface area contributed by atoms with E-state index in [4.69, 9.17) is 11.6 Å². The molecular formula is C24H17ClF2N6O. The molecule has 5 rings (SSSR count). The SMILES string of the molecule is O=C(CN1C(c2ccccc2)=CC(c2ccc(Cl)cc2)n2nnnc21)Nc1ccc(F)cc1F. The molecular weight excluding hydrogens is 462 g/mol. The maximum atomic E-state index is 14.1. The molecule has 0 radical (unpaired) electrons. The highest BCUT2D eigenvalue weighted by molar-refractivity contribution is 6.30. The number of hydrogen-bond donors (Lipinski definition) is 1. The van der Waals surface area contributed by atoms with Crippen molar-refractivity contribution < 1.29 is 13.6 Å². The molecule has 0 saturated carbocycles. The van der Waals surface area contributed by atoms with Crippen LogP contribution in [-0.2, 0) is 4.79 Å². The molecule has 34 heavy (non-hydrogen) atoms. The van der Waals surface area contributed by atoms with E-state index in [-0.39, 0.29) is 18.3 Å². The van der Waals surface area contributed by atoms with Crippen LogP contribution in [0.5, 0.6) is 0 Å². The van der Waals surface area contributed by atoms with E-state index in [0.29, 0.717) is 22.7 Å². The average Bonchev–Trinajstić information content (AvgIpc) is 3.33. The Kier molecular flexibility index (Phi) is 5.77. The molecule has 1 atom stereocenters. The standard InChI is InChI=1S/C24H17ClF2N6O/c25-17-8-6-16(7-9-17)22-13-21(15-4-2-1-3-5-15)32(24-29-30-31-33(22)24)14-23(34)28-20-11-10-18(26)12-19(20)27/h1-13,22H,14H2,(H,28,34). The van der Waals surface area contributed by atoms with Gasteiger partial charge in [0.1, 0.15) is 24.2 Å². The second-order valence-corrected chi connectivity index (χ2v) is 8.03. The molecule has 1 aromatic heterocycles. The average molecular weight is 479 g/mol. The lowest BCUT2D eigenvalue weighted by Crippen LogP contribution is -2.37. The molecule has 0 fully saturated rings.